The molecule has 30 heavy (non-hydrogen) atoms. The third-order valence-electron chi connectivity index (χ3n) is 6.18. The molecule has 7 heteroatoms. The largest absolute Gasteiger partial charge is 0.346 e. The normalized spacial score (nSPS) is 22.1. The van der Waals surface area contributed by atoms with Gasteiger partial charge in [-0.25, -0.2) is 9.78 Å². The van der Waals surface area contributed by atoms with Crippen LogP contribution in [0.2, 0.25) is 0 Å². The number of carbonyl (C=O) groups is 2. The highest BCUT2D eigenvalue weighted by atomic mass is 16.2. The summed E-state index contributed by atoms with van der Waals surface area (Å²) in [5.41, 5.74) is 2.22. The smallest absolute Gasteiger partial charge is 0.331 e. The number of piperidine rings is 1. The van der Waals surface area contributed by atoms with E-state index in [1.807, 2.05) is 53.4 Å². The number of β-lactam (4-membered cyclic amide) rings is 1. The molecule has 3 aromatic rings. The Bertz CT molecular complexity index is 1010. The van der Waals surface area contributed by atoms with E-state index in [0.717, 1.165) is 24.0 Å². The van der Waals surface area contributed by atoms with E-state index in [9.17, 15) is 9.59 Å². The second-order valence-corrected chi connectivity index (χ2v) is 7.83. The van der Waals surface area contributed by atoms with E-state index in [4.69, 9.17) is 0 Å². The summed E-state index contributed by atoms with van der Waals surface area (Å²) in [7, 11) is 0. The van der Waals surface area contributed by atoms with Gasteiger partial charge >= 0.3 is 6.03 Å². The van der Waals surface area contributed by atoms with Gasteiger partial charge in [0.15, 0.2) is 0 Å². The molecule has 0 N–H and O–H groups in total. The highest BCUT2D eigenvalue weighted by Crippen LogP contribution is 2.48. The van der Waals surface area contributed by atoms with Gasteiger partial charge < -0.3 is 9.80 Å². The number of amides is 2. The zero-order valence-corrected chi connectivity index (χ0v) is 16.5. The van der Waals surface area contributed by atoms with Crippen molar-refractivity contribution in [2.75, 3.05) is 13.1 Å². The predicted octanol–water partition coefficient (Wildman–Crippen LogP) is 3.08. The van der Waals surface area contributed by atoms with Crippen LogP contribution in [-0.2, 0) is 4.79 Å². The molecular formula is C23H23N5O2. The molecule has 2 amide bonds. The Labute approximate surface area is 174 Å². The third-order valence-corrected chi connectivity index (χ3v) is 6.18. The zero-order valence-electron chi connectivity index (χ0n) is 16.5. The average Bonchev–Trinajstić information content (AvgIpc) is 3.34. The van der Waals surface area contributed by atoms with E-state index in [0.29, 0.717) is 13.1 Å². The van der Waals surface area contributed by atoms with Gasteiger partial charge in [-0.15, -0.1) is 0 Å². The van der Waals surface area contributed by atoms with Gasteiger partial charge in [-0.3, -0.25) is 4.79 Å². The van der Waals surface area contributed by atoms with Crippen LogP contribution in [0, 0.1) is 0 Å². The van der Waals surface area contributed by atoms with Crippen molar-refractivity contribution in [2.45, 2.75) is 30.8 Å². The van der Waals surface area contributed by atoms with Gasteiger partial charge in [-0.1, -0.05) is 60.7 Å². The van der Waals surface area contributed by atoms with Crippen molar-refractivity contribution in [3.05, 3.63) is 84.4 Å². The van der Waals surface area contributed by atoms with Crippen molar-refractivity contribution in [1.29, 1.82) is 0 Å². The van der Waals surface area contributed by atoms with Gasteiger partial charge in [0.1, 0.15) is 12.7 Å². The fourth-order valence-corrected chi connectivity index (χ4v) is 4.69. The maximum absolute atomic E-state index is 13.3. The minimum atomic E-state index is -0.164. The molecule has 2 saturated heterocycles. The summed E-state index contributed by atoms with van der Waals surface area (Å²) in [5.74, 6) is 0.0273. The molecule has 2 atom stereocenters. The number of nitrogens with zero attached hydrogens (tertiary/aromatic N) is 5. The van der Waals surface area contributed by atoms with Gasteiger partial charge in [0, 0.05) is 19.1 Å². The van der Waals surface area contributed by atoms with Gasteiger partial charge in [-0.2, -0.15) is 9.78 Å². The monoisotopic (exact) mass is 401 g/mol. The van der Waals surface area contributed by atoms with Crippen LogP contribution < -0.4 is 0 Å². The van der Waals surface area contributed by atoms with Crippen molar-refractivity contribution in [1.82, 2.24) is 24.6 Å². The van der Waals surface area contributed by atoms with Crippen molar-refractivity contribution in [3.8, 4) is 0 Å². The van der Waals surface area contributed by atoms with Crippen LogP contribution in [0.3, 0.4) is 0 Å². The standard InChI is InChI=1S/C23H23N5O2/c29-22-20(17-7-3-1-4-8-17)21(18-9-5-2-6-10-18)28(22)19-11-13-26(14-12-19)23(30)27-16-24-15-25-27/h1-10,15-16,19-21H,11-14H2/t20-,21-/m1/s1. The zero-order chi connectivity index (χ0) is 20.5. The molecule has 1 aromatic heterocycles. The Balaban J connectivity index is 1.35. The van der Waals surface area contributed by atoms with Crippen molar-refractivity contribution < 1.29 is 9.59 Å². The van der Waals surface area contributed by atoms with Crippen molar-refractivity contribution >= 4 is 11.9 Å². The maximum Gasteiger partial charge on any atom is 0.346 e. The first-order valence-electron chi connectivity index (χ1n) is 10.3. The molecule has 0 radical (unpaired) electrons. The number of benzene rings is 2. The van der Waals surface area contributed by atoms with E-state index in [1.54, 1.807) is 4.90 Å². The van der Waals surface area contributed by atoms with E-state index in [1.165, 1.54) is 17.3 Å². The van der Waals surface area contributed by atoms with Crippen LogP contribution in [0.4, 0.5) is 4.79 Å². The van der Waals surface area contributed by atoms with Crippen molar-refractivity contribution in [3.63, 3.8) is 0 Å². The second-order valence-electron chi connectivity index (χ2n) is 7.83. The molecule has 2 aliphatic heterocycles. The molecular weight excluding hydrogens is 378 g/mol. The second kappa shape index (κ2) is 7.74. The van der Waals surface area contributed by atoms with Gasteiger partial charge in [-0.05, 0) is 24.0 Å². The summed E-state index contributed by atoms with van der Waals surface area (Å²) < 4.78 is 1.26. The molecule has 3 heterocycles. The summed E-state index contributed by atoms with van der Waals surface area (Å²) in [4.78, 5) is 33.5. The van der Waals surface area contributed by atoms with Gasteiger partial charge in [0.25, 0.3) is 0 Å². The lowest BCUT2D eigenvalue weighted by atomic mass is 9.76. The lowest BCUT2D eigenvalue weighted by molar-refractivity contribution is -0.156. The first kappa shape index (κ1) is 18.5. The molecule has 0 unspecified atom stereocenters. The summed E-state index contributed by atoms with van der Waals surface area (Å²) in [5, 5.41) is 3.93. The molecule has 2 aromatic carbocycles. The summed E-state index contributed by atoms with van der Waals surface area (Å²) >= 11 is 0. The Kier molecular flexibility index (Phi) is 4.78. The van der Waals surface area contributed by atoms with Crippen LogP contribution in [0.5, 0.6) is 0 Å². The Morgan fingerprint density at radius 3 is 2.13 bits per heavy atom. The maximum atomic E-state index is 13.3. The first-order valence-corrected chi connectivity index (χ1v) is 10.3. The lowest BCUT2D eigenvalue weighted by Gasteiger charge is -2.53. The van der Waals surface area contributed by atoms with Crippen LogP contribution in [0.15, 0.2) is 73.3 Å². The van der Waals surface area contributed by atoms with Crippen LogP contribution >= 0.6 is 0 Å². The molecule has 0 saturated carbocycles. The summed E-state index contributed by atoms with van der Waals surface area (Å²) in [6.07, 6.45) is 4.30. The van der Waals surface area contributed by atoms with E-state index in [2.05, 4.69) is 22.2 Å². The van der Waals surface area contributed by atoms with Crippen LogP contribution in [-0.4, -0.2) is 55.6 Å². The Morgan fingerprint density at radius 1 is 0.900 bits per heavy atom. The van der Waals surface area contributed by atoms with Crippen LogP contribution in [0.25, 0.3) is 0 Å². The Hall–Kier alpha value is -3.48. The van der Waals surface area contributed by atoms with Crippen molar-refractivity contribution in [2.24, 2.45) is 0 Å². The summed E-state index contributed by atoms with van der Waals surface area (Å²) in [6.45, 7) is 1.20. The molecule has 5 rings (SSSR count). The minimum Gasteiger partial charge on any atom is -0.331 e. The minimum absolute atomic E-state index is 0.0312. The molecule has 2 aliphatic rings. The third kappa shape index (κ3) is 3.16. The quantitative estimate of drug-likeness (QED) is 0.633. The van der Waals surface area contributed by atoms with Gasteiger partial charge in [0.2, 0.25) is 5.91 Å². The number of rotatable bonds is 3. The van der Waals surface area contributed by atoms with E-state index >= 15 is 0 Å². The topological polar surface area (TPSA) is 71.3 Å². The number of carbonyl (C=O) groups excluding carboxylic acids is 2. The molecule has 0 aliphatic carbocycles. The Morgan fingerprint density at radius 2 is 1.53 bits per heavy atom. The molecule has 7 nitrogen and oxygen atoms in total. The molecule has 152 valence electrons. The summed E-state index contributed by atoms with van der Waals surface area (Å²) in [6, 6.07) is 20.3. The van der Waals surface area contributed by atoms with E-state index in [-0.39, 0.29) is 29.9 Å². The van der Waals surface area contributed by atoms with E-state index < -0.39 is 0 Å². The fraction of sp³-hybridized carbons (Fsp3) is 0.304. The highest BCUT2D eigenvalue weighted by Gasteiger charge is 2.51. The molecule has 2 fully saturated rings. The van der Waals surface area contributed by atoms with Gasteiger partial charge in [0.05, 0.1) is 12.0 Å². The number of hydrogen-bond donors (Lipinski definition) is 0. The predicted molar refractivity (Wildman–Crippen MR) is 111 cm³/mol. The number of hydrogen-bond acceptors (Lipinski definition) is 4. The van der Waals surface area contributed by atoms with Crippen LogP contribution in [0.1, 0.15) is 35.9 Å². The fourth-order valence-electron chi connectivity index (χ4n) is 4.69. The molecule has 0 spiro atoms. The first-order chi connectivity index (χ1) is 14.7. The highest BCUT2D eigenvalue weighted by molar-refractivity contribution is 5.92. The SMILES string of the molecule is O=C1[C@H](c2ccccc2)[C@@H](c2ccccc2)N1C1CCN(C(=O)n2cncn2)CC1. The molecule has 0 bridgehead atoms. The number of aromatic nitrogens is 3. The average molecular weight is 401 g/mol. The number of likely N-dealkylation sites (tertiary alicyclic amines) is 2. The lowest BCUT2D eigenvalue weighted by Crippen LogP contribution is -2.60.